The van der Waals surface area contributed by atoms with Crippen LogP contribution in [0.3, 0.4) is 0 Å². The summed E-state index contributed by atoms with van der Waals surface area (Å²) in [6.45, 7) is 2.51. The average Bonchev–Trinajstić information content (AvgIpc) is 3.00. The van der Waals surface area contributed by atoms with Crippen LogP contribution in [0.5, 0.6) is 0 Å². The number of rotatable bonds is 7. The first-order valence-electron chi connectivity index (χ1n) is 7.70. The first kappa shape index (κ1) is 17.1. The van der Waals surface area contributed by atoms with E-state index < -0.39 is 5.97 Å². The van der Waals surface area contributed by atoms with E-state index in [9.17, 15) is 14.4 Å². The molecule has 0 spiro atoms. The molecule has 6 heteroatoms. The minimum Gasteiger partial charge on any atom is -0.464 e. The van der Waals surface area contributed by atoms with E-state index >= 15 is 0 Å². The van der Waals surface area contributed by atoms with E-state index in [4.69, 9.17) is 9.47 Å². The van der Waals surface area contributed by atoms with Gasteiger partial charge in [0.15, 0.2) is 12.4 Å². The van der Waals surface area contributed by atoms with Crippen molar-refractivity contribution < 1.29 is 23.9 Å². The zero-order valence-corrected chi connectivity index (χ0v) is 13.1. The third-order valence-corrected chi connectivity index (χ3v) is 3.65. The maximum Gasteiger partial charge on any atom is 0.323 e. The minimum atomic E-state index is -0.560. The molecule has 6 nitrogen and oxygen atoms in total. The van der Waals surface area contributed by atoms with Crippen LogP contribution in [-0.4, -0.2) is 43.5 Å². The number of Topliss-reactive ketones (excluding diaryl/α,β-unsaturated/α-hetero) is 1. The highest BCUT2D eigenvalue weighted by molar-refractivity contribution is 5.97. The molecule has 1 heterocycles. The SMILES string of the molecule is CC1CN[C@H](C(=O)OCCC(=O)OCC(=O)c2ccccc2)C1. The van der Waals surface area contributed by atoms with Gasteiger partial charge in [-0.1, -0.05) is 37.3 Å². The van der Waals surface area contributed by atoms with Gasteiger partial charge in [-0.15, -0.1) is 0 Å². The molecule has 1 aliphatic rings. The molecule has 0 radical (unpaired) electrons. The quantitative estimate of drug-likeness (QED) is 0.603. The lowest BCUT2D eigenvalue weighted by Gasteiger charge is -2.10. The van der Waals surface area contributed by atoms with Crippen LogP contribution in [-0.2, 0) is 19.1 Å². The molecule has 1 aromatic rings. The Hall–Kier alpha value is -2.21. The van der Waals surface area contributed by atoms with Crippen LogP contribution < -0.4 is 5.32 Å². The van der Waals surface area contributed by atoms with Crippen molar-refractivity contribution in [3.63, 3.8) is 0 Å². The van der Waals surface area contributed by atoms with Gasteiger partial charge >= 0.3 is 11.9 Å². The van der Waals surface area contributed by atoms with Gasteiger partial charge in [0.25, 0.3) is 0 Å². The van der Waals surface area contributed by atoms with Crippen LogP contribution in [0.1, 0.15) is 30.1 Å². The van der Waals surface area contributed by atoms with Crippen molar-refractivity contribution in [2.75, 3.05) is 19.8 Å². The molecule has 1 aromatic carbocycles. The smallest absolute Gasteiger partial charge is 0.323 e. The number of ether oxygens (including phenoxy) is 2. The molecule has 0 amide bonds. The zero-order valence-electron chi connectivity index (χ0n) is 13.1. The number of esters is 2. The molecular weight excluding hydrogens is 298 g/mol. The minimum absolute atomic E-state index is 0.0379. The average molecular weight is 319 g/mol. The van der Waals surface area contributed by atoms with Crippen molar-refractivity contribution in [3.8, 4) is 0 Å². The Balaban J connectivity index is 1.62. The molecule has 2 atom stereocenters. The maximum absolute atomic E-state index is 11.8. The lowest BCUT2D eigenvalue weighted by Crippen LogP contribution is -2.32. The summed E-state index contributed by atoms with van der Waals surface area (Å²) in [6, 6.07) is 8.32. The standard InChI is InChI=1S/C17H21NO5/c1-12-9-14(18-10-12)17(21)22-8-7-16(20)23-11-15(19)13-5-3-2-4-6-13/h2-6,12,14,18H,7-11H2,1H3/t12?,14-/m0/s1. The topological polar surface area (TPSA) is 81.7 Å². The molecule has 1 N–H and O–H groups in total. The summed E-state index contributed by atoms with van der Waals surface area (Å²) in [6.07, 6.45) is 0.685. The van der Waals surface area contributed by atoms with Crippen molar-refractivity contribution in [1.82, 2.24) is 5.32 Å². The second-order valence-electron chi connectivity index (χ2n) is 5.67. The van der Waals surface area contributed by atoms with Gasteiger partial charge < -0.3 is 14.8 Å². The molecule has 0 bridgehead atoms. The second kappa shape index (κ2) is 8.43. The predicted octanol–water partition coefficient (Wildman–Crippen LogP) is 1.34. The number of ketones is 1. The summed E-state index contributed by atoms with van der Waals surface area (Å²) in [5.74, 6) is -0.723. The van der Waals surface area contributed by atoms with E-state index in [0.29, 0.717) is 11.5 Å². The van der Waals surface area contributed by atoms with Crippen LogP contribution in [0.25, 0.3) is 0 Å². The molecule has 124 valence electrons. The first-order chi connectivity index (χ1) is 11.1. The normalized spacial score (nSPS) is 20.0. The molecule has 0 aromatic heterocycles. The van der Waals surface area contributed by atoms with Crippen molar-refractivity contribution in [3.05, 3.63) is 35.9 Å². The maximum atomic E-state index is 11.8. The second-order valence-corrected chi connectivity index (χ2v) is 5.67. The highest BCUT2D eigenvalue weighted by Gasteiger charge is 2.28. The summed E-state index contributed by atoms with van der Waals surface area (Å²) in [7, 11) is 0. The van der Waals surface area contributed by atoms with Crippen LogP contribution >= 0.6 is 0 Å². The number of benzene rings is 1. The van der Waals surface area contributed by atoms with E-state index in [1.165, 1.54) is 0 Å². The summed E-state index contributed by atoms with van der Waals surface area (Å²) in [5, 5.41) is 3.07. The first-order valence-corrected chi connectivity index (χ1v) is 7.70. The fourth-order valence-electron chi connectivity index (χ4n) is 2.35. The van der Waals surface area contributed by atoms with E-state index in [-0.39, 0.29) is 37.4 Å². The van der Waals surface area contributed by atoms with E-state index in [1.807, 2.05) is 0 Å². The largest absolute Gasteiger partial charge is 0.464 e. The van der Waals surface area contributed by atoms with Gasteiger partial charge in [0.05, 0.1) is 6.42 Å². The Morgan fingerprint density at radius 2 is 1.91 bits per heavy atom. The van der Waals surface area contributed by atoms with Crippen molar-refractivity contribution >= 4 is 17.7 Å². The van der Waals surface area contributed by atoms with Gasteiger partial charge in [-0.25, -0.2) is 0 Å². The fourth-order valence-corrected chi connectivity index (χ4v) is 2.35. The molecule has 1 aliphatic heterocycles. The third-order valence-electron chi connectivity index (χ3n) is 3.65. The Labute approximate surface area is 135 Å². The summed E-state index contributed by atoms with van der Waals surface area (Å²) >= 11 is 0. The fraction of sp³-hybridized carbons (Fsp3) is 0.471. The van der Waals surface area contributed by atoms with Crippen molar-refractivity contribution in [1.29, 1.82) is 0 Å². The number of nitrogens with one attached hydrogen (secondary N) is 1. The Bertz CT molecular complexity index is 557. The van der Waals surface area contributed by atoms with Gasteiger partial charge in [0.1, 0.15) is 12.6 Å². The van der Waals surface area contributed by atoms with Gasteiger partial charge in [0.2, 0.25) is 0 Å². The molecule has 1 saturated heterocycles. The number of carbonyl (C=O) groups excluding carboxylic acids is 3. The number of hydrogen-bond donors (Lipinski definition) is 1. The molecule has 1 unspecified atom stereocenters. The Morgan fingerprint density at radius 3 is 2.57 bits per heavy atom. The summed E-state index contributed by atoms with van der Waals surface area (Å²) in [5.41, 5.74) is 0.494. The van der Waals surface area contributed by atoms with Crippen LogP contribution in [0.2, 0.25) is 0 Å². The lowest BCUT2D eigenvalue weighted by atomic mass is 10.1. The Kier molecular flexibility index (Phi) is 6.29. The molecule has 0 aliphatic carbocycles. The molecule has 2 rings (SSSR count). The molecule has 1 fully saturated rings. The molecule has 23 heavy (non-hydrogen) atoms. The highest BCUT2D eigenvalue weighted by Crippen LogP contribution is 2.13. The molecular formula is C17H21NO5. The van der Waals surface area contributed by atoms with Crippen LogP contribution in [0.15, 0.2) is 30.3 Å². The monoisotopic (exact) mass is 319 g/mol. The lowest BCUT2D eigenvalue weighted by molar-refractivity contribution is -0.150. The number of carbonyl (C=O) groups is 3. The highest BCUT2D eigenvalue weighted by atomic mass is 16.5. The predicted molar refractivity (Wildman–Crippen MR) is 82.9 cm³/mol. The zero-order chi connectivity index (χ0) is 16.7. The summed E-state index contributed by atoms with van der Waals surface area (Å²) in [4.78, 5) is 35.0. The van der Waals surface area contributed by atoms with Crippen molar-refractivity contribution in [2.24, 2.45) is 5.92 Å². The van der Waals surface area contributed by atoms with E-state index in [1.54, 1.807) is 30.3 Å². The van der Waals surface area contributed by atoms with Gasteiger partial charge in [0, 0.05) is 5.56 Å². The van der Waals surface area contributed by atoms with Gasteiger partial charge in [-0.3, -0.25) is 14.4 Å². The van der Waals surface area contributed by atoms with Gasteiger partial charge in [-0.05, 0) is 18.9 Å². The van der Waals surface area contributed by atoms with Crippen molar-refractivity contribution in [2.45, 2.75) is 25.8 Å². The number of hydrogen-bond acceptors (Lipinski definition) is 6. The van der Waals surface area contributed by atoms with E-state index in [0.717, 1.165) is 13.0 Å². The summed E-state index contributed by atoms with van der Waals surface area (Å²) < 4.78 is 9.94. The molecule has 0 saturated carbocycles. The third kappa shape index (κ3) is 5.49. The Morgan fingerprint density at radius 1 is 1.17 bits per heavy atom. The van der Waals surface area contributed by atoms with E-state index in [2.05, 4.69) is 12.2 Å². The van der Waals surface area contributed by atoms with Crippen LogP contribution in [0, 0.1) is 5.92 Å². The van der Waals surface area contributed by atoms with Crippen LogP contribution in [0.4, 0.5) is 0 Å². The van der Waals surface area contributed by atoms with Gasteiger partial charge in [-0.2, -0.15) is 0 Å².